The summed E-state index contributed by atoms with van der Waals surface area (Å²) in [5.41, 5.74) is 6.07. The number of imide groups is 1. The first-order valence-corrected chi connectivity index (χ1v) is 15.5. The Morgan fingerprint density at radius 1 is 0.925 bits per heavy atom. The molecule has 0 fully saturated rings. The van der Waals surface area contributed by atoms with E-state index in [1.165, 1.54) is 4.90 Å². The van der Waals surface area contributed by atoms with Crippen molar-refractivity contribution >= 4 is 79.8 Å². The fourth-order valence-corrected chi connectivity index (χ4v) is 6.23. The number of nitrogens with one attached hydrogen (secondary N) is 1. The van der Waals surface area contributed by atoms with E-state index < -0.39 is 6.03 Å². The Hall–Kier alpha value is -3.16. The van der Waals surface area contributed by atoms with Crippen molar-refractivity contribution in [1.82, 2.24) is 9.97 Å². The zero-order valence-electron chi connectivity index (χ0n) is 21.5. The summed E-state index contributed by atoms with van der Waals surface area (Å²) in [6, 6.07) is 24.3. The molecule has 1 N–H and O–H groups in total. The van der Waals surface area contributed by atoms with Crippen LogP contribution in [0.15, 0.2) is 96.6 Å². The van der Waals surface area contributed by atoms with Gasteiger partial charge in [-0.2, -0.15) is 0 Å². The molecule has 200 valence electrons. The summed E-state index contributed by atoms with van der Waals surface area (Å²) < 4.78 is 1.79. The standard InChI is InChI=1S/C31H24I2N4O2S/c1-20-12-13-24(15-23(20)16-29-36-27(19-40-29)22-8-6-14-34-18-22)35-31(39)37(28-11-5-4-10-26(28)33)30(38)17-21-7-2-3-9-25(21)32/h2-15,18-19H,16-17H2,1H3,(H,35,39). The van der Waals surface area contributed by atoms with Crippen molar-refractivity contribution in [1.29, 1.82) is 0 Å². The number of rotatable bonds is 7. The van der Waals surface area contributed by atoms with Crippen LogP contribution in [0.4, 0.5) is 16.2 Å². The van der Waals surface area contributed by atoms with Crippen LogP contribution in [-0.4, -0.2) is 21.9 Å². The largest absolute Gasteiger partial charge is 0.333 e. The van der Waals surface area contributed by atoms with Crippen LogP contribution in [0.5, 0.6) is 0 Å². The van der Waals surface area contributed by atoms with E-state index in [0.29, 0.717) is 17.8 Å². The highest BCUT2D eigenvalue weighted by molar-refractivity contribution is 14.1. The van der Waals surface area contributed by atoms with Crippen LogP contribution in [0.25, 0.3) is 11.3 Å². The van der Waals surface area contributed by atoms with Crippen molar-refractivity contribution < 1.29 is 9.59 Å². The van der Waals surface area contributed by atoms with Crippen molar-refractivity contribution in [2.45, 2.75) is 19.8 Å². The third kappa shape index (κ3) is 6.76. The molecular weight excluding hydrogens is 746 g/mol. The molecule has 0 aliphatic carbocycles. The van der Waals surface area contributed by atoms with E-state index in [9.17, 15) is 9.59 Å². The van der Waals surface area contributed by atoms with Gasteiger partial charge in [-0.05, 0) is 111 Å². The molecule has 2 heterocycles. The van der Waals surface area contributed by atoms with Crippen molar-refractivity contribution in [3.05, 3.63) is 125 Å². The van der Waals surface area contributed by atoms with Crippen molar-refractivity contribution in [3.63, 3.8) is 0 Å². The summed E-state index contributed by atoms with van der Waals surface area (Å²) >= 11 is 5.97. The lowest BCUT2D eigenvalue weighted by molar-refractivity contribution is -0.117. The van der Waals surface area contributed by atoms with Crippen LogP contribution in [0, 0.1) is 14.1 Å². The van der Waals surface area contributed by atoms with Gasteiger partial charge in [-0.15, -0.1) is 11.3 Å². The lowest BCUT2D eigenvalue weighted by Gasteiger charge is -2.23. The Kier molecular flexibility index (Phi) is 9.22. The fraction of sp³-hybridized carbons (Fsp3) is 0.0968. The number of aromatic nitrogens is 2. The zero-order chi connectivity index (χ0) is 28.1. The van der Waals surface area contributed by atoms with Crippen molar-refractivity contribution in [3.8, 4) is 11.3 Å². The number of hydrogen-bond acceptors (Lipinski definition) is 5. The van der Waals surface area contributed by atoms with Gasteiger partial charge in [0, 0.05) is 42.6 Å². The molecule has 5 rings (SSSR count). The first-order chi connectivity index (χ1) is 19.4. The highest BCUT2D eigenvalue weighted by Gasteiger charge is 2.26. The number of anilines is 2. The Morgan fingerprint density at radius 2 is 1.70 bits per heavy atom. The third-order valence-electron chi connectivity index (χ3n) is 6.30. The number of carbonyl (C=O) groups excluding carboxylic acids is 2. The van der Waals surface area contributed by atoms with Crippen LogP contribution in [0.2, 0.25) is 0 Å². The molecule has 0 atom stereocenters. The predicted octanol–water partition coefficient (Wildman–Crippen LogP) is 8.12. The average molecular weight is 770 g/mol. The van der Waals surface area contributed by atoms with Gasteiger partial charge in [0.05, 0.1) is 22.8 Å². The van der Waals surface area contributed by atoms with E-state index in [4.69, 9.17) is 4.98 Å². The van der Waals surface area contributed by atoms with E-state index >= 15 is 0 Å². The van der Waals surface area contributed by atoms with Crippen LogP contribution >= 0.6 is 56.5 Å². The minimum atomic E-state index is -0.497. The van der Waals surface area contributed by atoms with Gasteiger partial charge in [0.15, 0.2) is 0 Å². The molecule has 5 aromatic rings. The minimum absolute atomic E-state index is 0.111. The van der Waals surface area contributed by atoms with Gasteiger partial charge >= 0.3 is 6.03 Å². The zero-order valence-corrected chi connectivity index (χ0v) is 26.6. The Labute approximate surface area is 264 Å². The highest BCUT2D eigenvalue weighted by atomic mass is 127. The summed E-state index contributed by atoms with van der Waals surface area (Å²) in [4.78, 5) is 37.5. The number of aryl methyl sites for hydroxylation is 1. The third-order valence-corrected chi connectivity index (χ3v) is 9.11. The maximum Gasteiger partial charge on any atom is 0.333 e. The molecule has 0 saturated heterocycles. The van der Waals surface area contributed by atoms with Crippen LogP contribution in [0.3, 0.4) is 0 Å². The predicted molar refractivity (Wildman–Crippen MR) is 178 cm³/mol. The summed E-state index contributed by atoms with van der Waals surface area (Å²) in [5.74, 6) is -0.302. The molecule has 0 aliphatic rings. The number of halogens is 2. The highest BCUT2D eigenvalue weighted by Crippen LogP contribution is 2.27. The summed E-state index contributed by atoms with van der Waals surface area (Å²) in [6.45, 7) is 2.04. The monoisotopic (exact) mass is 770 g/mol. The number of benzene rings is 3. The average Bonchev–Trinajstić information content (AvgIpc) is 3.42. The van der Waals surface area contributed by atoms with Gasteiger partial charge in [-0.1, -0.05) is 36.4 Å². The molecule has 3 aromatic carbocycles. The van der Waals surface area contributed by atoms with Crippen molar-refractivity contribution in [2.24, 2.45) is 0 Å². The summed E-state index contributed by atoms with van der Waals surface area (Å²) in [7, 11) is 0. The molecule has 2 aromatic heterocycles. The first kappa shape index (κ1) is 28.4. The smallest absolute Gasteiger partial charge is 0.307 e. The second-order valence-corrected chi connectivity index (χ2v) is 12.3. The second kappa shape index (κ2) is 13.0. The molecule has 9 heteroatoms. The van der Waals surface area contributed by atoms with E-state index in [-0.39, 0.29) is 12.3 Å². The van der Waals surface area contributed by atoms with Gasteiger partial charge in [0.1, 0.15) is 0 Å². The van der Waals surface area contributed by atoms with Gasteiger partial charge in [-0.3, -0.25) is 9.78 Å². The Balaban J connectivity index is 1.38. The topological polar surface area (TPSA) is 75.2 Å². The van der Waals surface area contributed by atoms with E-state index in [2.05, 4.69) is 55.5 Å². The number of thiazole rings is 1. The van der Waals surface area contributed by atoms with Crippen LogP contribution < -0.4 is 10.2 Å². The quantitative estimate of drug-likeness (QED) is 0.170. The summed E-state index contributed by atoms with van der Waals surface area (Å²) in [5, 5.41) is 5.97. The first-order valence-electron chi connectivity index (χ1n) is 12.5. The van der Waals surface area contributed by atoms with E-state index in [0.717, 1.165) is 40.1 Å². The molecule has 0 radical (unpaired) electrons. The Bertz CT molecular complexity index is 1670. The molecule has 6 nitrogen and oxygen atoms in total. The number of para-hydroxylation sites is 1. The lowest BCUT2D eigenvalue weighted by atomic mass is 10.1. The normalized spacial score (nSPS) is 10.8. The molecule has 0 bridgehead atoms. The second-order valence-electron chi connectivity index (χ2n) is 9.07. The molecule has 0 aliphatic heterocycles. The number of urea groups is 1. The molecule has 0 spiro atoms. The number of hydrogen-bond donors (Lipinski definition) is 1. The van der Waals surface area contributed by atoms with E-state index in [1.807, 2.05) is 85.1 Å². The number of pyridine rings is 1. The minimum Gasteiger partial charge on any atom is -0.307 e. The lowest BCUT2D eigenvalue weighted by Crippen LogP contribution is -2.41. The molecule has 40 heavy (non-hydrogen) atoms. The number of nitrogens with zero attached hydrogens (tertiary/aromatic N) is 3. The Morgan fingerprint density at radius 3 is 2.45 bits per heavy atom. The van der Waals surface area contributed by atoms with E-state index in [1.54, 1.807) is 29.8 Å². The molecular formula is C31H24I2N4O2S. The fourth-order valence-electron chi connectivity index (χ4n) is 4.19. The van der Waals surface area contributed by atoms with Gasteiger partial charge in [0.2, 0.25) is 5.91 Å². The molecule has 3 amide bonds. The summed E-state index contributed by atoms with van der Waals surface area (Å²) in [6.07, 6.45) is 4.29. The van der Waals surface area contributed by atoms with Gasteiger partial charge < -0.3 is 5.32 Å². The SMILES string of the molecule is Cc1ccc(NC(=O)N(C(=O)Cc2ccccc2I)c2ccccc2I)cc1Cc1nc(-c2cccnc2)cs1. The molecule has 0 unspecified atom stereocenters. The van der Waals surface area contributed by atoms with Crippen LogP contribution in [-0.2, 0) is 17.6 Å². The number of amides is 3. The number of carbonyl (C=O) groups is 2. The van der Waals surface area contributed by atoms with Crippen LogP contribution in [0.1, 0.15) is 21.7 Å². The van der Waals surface area contributed by atoms with Crippen molar-refractivity contribution in [2.75, 3.05) is 10.2 Å². The van der Waals surface area contributed by atoms with Gasteiger partial charge in [-0.25, -0.2) is 14.7 Å². The molecule has 0 saturated carbocycles. The maximum atomic E-state index is 13.7. The van der Waals surface area contributed by atoms with Gasteiger partial charge in [0.25, 0.3) is 0 Å². The maximum absolute atomic E-state index is 13.7.